The average molecular weight is 591 g/mol. The van der Waals surface area contributed by atoms with Gasteiger partial charge < -0.3 is 13.7 Å². The molecule has 0 radical (unpaired) electrons. The van der Waals surface area contributed by atoms with E-state index in [1.165, 1.54) is 27.8 Å². The molecule has 0 unspecified atom stereocenters. The number of fused-ring (bicyclic) bond motifs is 6. The van der Waals surface area contributed by atoms with Crippen molar-refractivity contribution in [1.82, 2.24) is 0 Å². The fraction of sp³-hybridized carbons (Fsp3) is 0.268. The summed E-state index contributed by atoms with van der Waals surface area (Å²) in [6.45, 7) is 15.4. The highest BCUT2D eigenvalue weighted by molar-refractivity contribution is 6.65. The number of para-hydroxylation sites is 2. The minimum atomic E-state index is -0.493. The van der Waals surface area contributed by atoms with Crippen LogP contribution in [0.3, 0.4) is 0 Å². The van der Waals surface area contributed by atoms with Crippen molar-refractivity contribution >= 4 is 34.5 Å². The maximum atomic E-state index is 6.75. The molecule has 0 atom stereocenters. The summed E-state index contributed by atoms with van der Waals surface area (Å²) >= 11 is 0. The molecule has 8 rings (SSSR count). The standard InChI is InChI=1S/C41H39BO3/c1-38(2,3)41(33-19-10-8-14-29(33)30-15-9-11-20-34(30)41)27-24-22-26(23-25-27)28-16-12-17-31-32-18-13-21-35(37(32)43-36(28)31)42-44-39(4,5)40(6,7)45-42/h8-25H,1-7H3. The van der Waals surface area contributed by atoms with Crippen molar-refractivity contribution in [3.8, 4) is 22.3 Å². The first kappa shape index (κ1) is 28.4. The van der Waals surface area contributed by atoms with E-state index in [4.69, 9.17) is 13.7 Å². The van der Waals surface area contributed by atoms with Crippen LogP contribution in [0.25, 0.3) is 44.2 Å². The van der Waals surface area contributed by atoms with Gasteiger partial charge in [-0.05, 0) is 66.5 Å². The maximum absolute atomic E-state index is 6.75. The fourth-order valence-electron chi connectivity index (χ4n) is 7.91. The number of hydrogen-bond acceptors (Lipinski definition) is 3. The first-order valence-corrected chi connectivity index (χ1v) is 16.0. The Hall–Kier alpha value is -4.12. The fourth-order valence-corrected chi connectivity index (χ4v) is 7.91. The molecule has 5 aromatic carbocycles. The molecule has 0 saturated carbocycles. The predicted octanol–water partition coefficient (Wildman–Crippen LogP) is 9.91. The van der Waals surface area contributed by atoms with E-state index in [1.807, 2.05) is 0 Å². The van der Waals surface area contributed by atoms with Crippen molar-refractivity contribution in [3.05, 3.63) is 126 Å². The molecular weight excluding hydrogens is 551 g/mol. The number of rotatable bonds is 3. The van der Waals surface area contributed by atoms with E-state index in [0.717, 1.165) is 38.5 Å². The Balaban J connectivity index is 1.27. The molecule has 0 N–H and O–H groups in total. The zero-order valence-electron chi connectivity index (χ0n) is 27.2. The van der Waals surface area contributed by atoms with E-state index in [1.54, 1.807) is 0 Å². The lowest BCUT2D eigenvalue weighted by Gasteiger charge is -2.44. The minimum Gasteiger partial charge on any atom is -0.456 e. The highest BCUT2D eigenvalue weighted by Gasteiger charge is 2.53. The van der Waals surface area contributed by atoms with Crippen LogP contribution in [0.4, 0.5) is 0 Å². The third kappa shape index (κ3) is 3.85. The summed E-state index contributed by atoms with van der Waals surface area (Å²) in [5.74, 6) is 0. The van der Waals surface area contributed by atoms with E-state index in [2.05, 4.69) is 158 Å². The second-order valence-corrected chi connectivity index (χ2v) is 14.8. The zero-order valence-corrected chi connectivity index (χ0v) is 27.2. The Morgan fingerprint density at radius 1 is 0.533 bits per heavy atom. The average Bonchev–Trinajstić information content (AvgIpc) is 3.62. The highest BCUT2D eigenvalue weighted by atomic mass is 16.7. The highest BCUT2D eigenvalue weighted by Crippen LogP contribution is 2.60. The van der Waals surface area contributed by atoms with Gasteiger partial charge in [-0.15, -0.1) is 0 Å². The SMILES string of the molecule is CC(C)(C)C1(c2ccc(-c3cccc4c3oc3c(B5OC(C)(C)C(C)(C)O5)cccc34)cc2)c2ccccc2-c2ccccc21. The lowest BCUT2D eigenvalue weighted by Crippen LogP contribution is -2.41. The molecule has 2 aliphatic rings. The summed E-state index contributed by atoms with van der Waals surface area (Å²) in [6.07, 6.45) is 0. The summed E-state index contributed by atoms with van der Waals surface area (Å²) in [5, 5.41) is 2.16. The van der Waals surface area contributed by atoms with Crippen LogP contribution in [0, 0.1) is 5.41 Å². The molecule has 0 spiro atoms. The van der Waals surface area contributed by atoms with Gasteiger partial charge in [0.15, 0.2) is 0 Å². The Morgan fingerprint density at radius 3 is 1.62 bits per heavy atom. The van der Waals surface area contributed by atoms with Crippen LogP contribution in [0.2, 0.25) is 0 Å². The lowest BCUT2D eigenvalue weighted by molar-refractivity contribution is 0.00578. The van der Waals surface area contributed by atoms with Crippen molar-refractivity contribution in [2.45, 2.75) is 65.1 Å². The summed E-state index contributed by atoms with van der Waals surface area (Å²) in [6, 6.07) is 39.8. The van der Waals surface area contributed by atoms with Gasteiger partial charge in [-0.25, -0.2) is 0 Å². The predicted molar refractivity (Wildman–Crippen MR) is 186 cm³/mol. The number of benzene rings is 5. The Morgan fingerprint density at radius 2 is 1.04 bits per heavy atom. The molecule has 0 amide bonds. The van der Waals surface area contributed by atoms with Gasteiger partial charge in [0.05, 0.1) is 16.6 Å². The van der Waals surface area contributed by atoms with Gasteiger partial charge in [0.25, 0.3) is 0 Å². The van der Waals surface area contributed by atoms with Crippen molar-refractivity contribution in [1.29, 1.82) is 0 Å². The van der Waals surface area contributed by atoms with Gasteiger partial charge in [-0.1, -0.05) is 130 Å². The van der Waals surface area contributed by atoms with E-state index in [9.17, 15) is 0 Å². The molecule has 1 aliphatic heterocycles. The summed E-state index contributed by atoms with van der Waals surface area (Å²) in [7, 11) is -0.493. The molecule has 1 fully saturated rings. The Labute approximate surface area is 266 Å². The third-order valence-corrected chi connectivity index (χ3v) is 10.8. The van der Waals surface area contributed by atoms with Gasteiger partial charge in [-0.2, -0.15) is 0 Å². The normalized spacial score (nSPS) is 18.0. The molecule has 4 heteroatoms. The Bertz CT molecular complexity index is 2050. The first-order chi connectivity index (χ1) is 21.4. The van der Waals surface area contributed by atoms with Crippen LogP contribution in [-0.2, 0) is 14.7 Å². The van der Waals surface area contributed by atoms with Crippen LogP contribution in [0.1, 0.15) is 65.2 Å². The van der Waals surface area contributed by atoms with Crippen LogP contribution in [0.5, 0.6) is 0 Å². The van der Waals surface area contributed by atoms with Crippen LogP contribution in [-0.4, -0.2) is 18.3 Å². The van der Waals surface area contributed by atoms with Crippen LogP contribution < -0.4 is 5.46 Å². The van der Waals surface area contributed by atoms with E-state index in [0.29, 0.717) is 0 Å². The van der Waals surface area contributed by atoms with Crippen molar-refractivity contribution < 1.29 is 13.7 Å². The van der Waals surface area contributed by atoms with Crippen molar-refractivity contribution in [2.75, 3.05) is 0 Å². The van der Waals surface area contributed by atoms with E-state index >= 15 is 0 Å². The van der Waals surface area contributed by atoms with Gasteiger partial charge in [-0.3, -0.25) is 0 Å². The van der Waals surface area contributed by atoms with Gasteiger partial charge in [0, 0.05) is 21.8 Å². The molecule has 1 saturated heterocycles. The molecule has 2 heterocycles. The smallest absolute Gasteiger partial charge is 0.456 e. The maximum Gasteiger partial charge on any atom is 0.498 e. The van der Waals surface area contributed by atoms with Crippen LogP contribution in [0.15, 0.2) is 114 Å². The Kier molecular flexibility index (Phi) is 5.96. The van der Waals surface area contributed by atoms with E-state index < -0.39 is 18.3 Å². The summed E-state index contributed by atoms with van der Waals surface area (Å²) in [4.78, 5) is 0. The van der Waals surface area contributed by atoms with Gasteiger partial charge in [0.2, 0.25) is 0 Å². The molecule has 0 bridgehead atoms. The monoisotopic (exact) mass is 590 g/mol. The molecular formula is C41H39BO3. The molecule has 224 valence electrons. The topological polar surface area (TPSA) is 31.6 Å². The number of hydrogen-bond donors (Lipinski definition) is 0. The van der Waals surface area contributed by atoms with Gasteiger partial charge >= 0.3 is 7.12 Å². The van der Waals surface area contributed by atoms with E-state index in [-0.39, 0.29) is 10.8 Å². The summed E-state index contributed by atoms with van der Waals surface area (Å²) < 4.78 is 19.6. The second-order valence-electron chi connectivity index (χ2n) is 14.8. The molecule has 1 aliphatic carbocycles. The largest absolute Gasteiger partial charge is 0.498 e. The first-order valence-electron chi connectivity index (χ1n) is 16.0. The quantitative estimate of drug-likeness (QED) is 0.192. The zero-order chi connectivity index (χ0) is 31.4. The third-order valence-electron chi connectivity index (χ3n) is 10.8. The molecule has 6 aromatic rings. The van der Waals surface area contributed by atoms with Crippen molar-refractivity contribution in [2.24, 2.45) is 5.41 Å². The van der Waals surface area contributed by atoms with Crippen LogP contribution >= 0.6 is 0 Å². The summed E-state index contributed by atoms with van der Waals surface area (Å²) in [5.41, 5.74) is 10.3. The molecule has 1 aromatic heterocycles. The number of furan rings is 1. The lowest BCUT2D eigenvalue weighted by atomic mass is 9.57. The molecule has 3 nitrogen and oxygen atoms in total. The van der Waals surface area contributed by atoms with Gasteiger partial charge in [0.1, 0.15) is 11.2 Å². The minimum absolute atomic E-state index is 0.0696. The van der Waals surface area contributed by atoms with Crippen molar-refractivity contribution in [3.63, 3.8) is 0 Å². The second kappa shape index (κ2) is 9.45. The molecule has 45 heavy (non-hydrogen) atoms.